The highest BCUT2D eigenvalue weighted by atomic mass is 16.6. The normalized spacial score (nSPS) is 31.8. The Labute approximate surface area is 117 Å². The van der Waals surface area contributed by atoms with Crippen molar-refractivity contribution in [1.82, 2.24) is 0 Å². The summed E-state index contributed by atoms with van der Waals surface area (Å²) in [5.74, 6) is 1.26. The molecule has 0 amide bonds. The summed E-state index contributed by atoms with van der Waals surface area (Å²) in [5.41, 5.74) is -0.401. The molecule has 2 rings (SSSR count). The molecule has 1 saturated heterocycles. The summed E-state index contributed by atoms with van der Waals surface area (Å²) in [6.45, 7) is 11.0. The number of hydrogen-bond donors (Lipinski definition) is 0. The van der Waals surface area contributed by atoms with Gasteiger partial charge in [-0.3, -0.25) is 4.79 Å². The van der Waals surface area contributed by atoms with Crippen molar-refractivity contribution >= 4 is 5.97 Å². The maximum atomic E-state index is 12.3. The lowest BCUT2D eigenvalue weighted by Gasteiger charge is -2.33. The van der Waals surface area contributed by atoms with E-state index >= 15 is 0 Å². The number of epoxide rings is 1. The lowest BCUT2D eigenvalue weighted by Crippen LogP contribution is -2.36. The SMILES string of the molecule is CC(C)C(C)C(C)(C)C(=O)OCC1CCC2OC2C1. The van der Waals surface area contributed by atoms with Crippen molar-refractivity contribution in [2.75, 3.05) is 6.61 Å². The van der Waals surface area contributed by atoms with Crippen LogP contribution in [-0.4, -0.2) is 24.8 Å². The van der Waals surface area contributed by atoms with E-state index in [9.17, 15) is 4.79 Å². The minimum atomic E-state index is -0.401. The second-order valence-corrected chi connectivity index (χ2v) is 7.24. The van der Waals surface area contributed by atoms with Crippen molar-refractivity contribution in [2.24, 2.45) is 23.2 Å². The molecule has 4 unspecified atom stereocenters. The molecule has 4 atom stereocenters. The highest BCUT2D eigenvalue weighted by Crippen LogP contribution is 2.40. The molecular weight excluding hydrogens is 240 g/mol. The fourth-order valence-corrected chi connectivity index (χ4v) is 3.04. The highest BCUT2D eigenvalue weighted by Gasteiger charge is 2.44. The van der Waals surface area contributed by atoms with Gasteiger partial charge in [0, 0.05) is 0 Å². The van der Waals surface area contributed by atoms with Crippen LogP contribution in [0, 0.1) is 23.2 Å². The fraction of sp³-hybridized carbons (Fsp3) is 0.938. The average Bonchev–Trinajstić information content (AvgIpc) is 3.12. The van der Waals surface area contributed by atoms with Crippen LogP contribution in [0.2, 0.25) is 0 Å². The number of esters is 1. The van der Waals surface area contributed by atoms with Crippen LogP contribution in [0.3, 0.4) is 0 Å². The Balaban J connectivity index is 1.79. The molecule has 110 valence electrons. The molecular formula is C16H28O3. The van der Waals surface area contributed by atoms with Gasteiger partial charge in [-0.15, -0.1) is 0 Å². The van der Waals surface area contributed by atoms with E-state index in [2.05, 4.69) is 20.8 Å². The number of carbonyl (C=O) groups excluding carboxylic acids is 1. The van der Waals surface area contributed by atoms with Crippen LogP contribution in [0.5, 0.6) is 0 Å². The molecule has 1 saturated carbocycles. The molecule has 3 nitrogen and oxygen atoms in total. The van der Waals surface area contributed by atoms with E-state index in [1.54, 1.807) is 0 Å². The average molecular weight is 268 g/mol. The number of hydrogen-bond acceptors (Lipinski definition) is 3. The molecule has 2 aliphatic rings. The van der Waals surface area contributed by atoms with Gasteiger partial charge in [0.25, 0.3) is 0 Å². The zero-order chi connectivity index (χ0) is 14.2. The largest absolute Gasteiger partial charge is 0.465 e. The predicted octanol–water partition coefficient (Wildman–Crippen LogP) is 3.42. The first-order chi connectivity index (χ1) is 8.82. The monoisotopic (exact) mass is 268 g/mol. The van der Waals surface area contributed by atoms with Crippen LogP contribution in [0.1, 0.15) is 53.9 Å². The Kier molecular flexibility index (Phi) is 4.24. The van der Waals surface area contributed by atoms with Crippen LogP contribution in [0.25, 0.3) is 0 Å². The molecule has 1 heterocycles. The van der Waals surface area contributed by atoms with Crippen molar-refractivity contribution < 1.29 is 14.3 Å². The Morgan fingerprint density at radius 2 is 1.95 bits per heavy atom. The first-order valence-corrected chi connectivity index (χ1v) is 7.65. The van der Waals surface area contributed by atoms with Gasteiger partial charge in [0.1, 0.15) is 0 Å². The van der Waals surface area contributed by atoms with Gasteiger partial charge in [-0.2, -0.15) is 0 Å². The molecule has 19 heavy (non-hydrogen) atoms. The van der Waals surface area contributed by atoms with Crippen molar-refractivity contribution in [3.8, 4) is 0 Å². The van der Waals surface area contributed by atoms with E-state index in [-0.39, 0.29) is 5.97 Å². The molecule has 0 radical (unpaired) electrons. The maximum Gasteiger partial charge on any atom is 0.311 e. The van der Waals surface area contributed by atoms with Crippen molar-refractivity contribution in [1.29, 1.82) is 0 Å². The summed E-state index contributed by atoms with van der Waals surface area (Å²) in [7, 11) is 0. The standard InChI is InChI=1S/C16H28O3/c1-10(2)11(3)16(4,5)15(17)18-9-12-6-7-13-14(8-12)19-13/h10-14H,6-9H2,1-5H3. The molecule has 1 aliphatic carbocycles. The van der Waals surface area contributed by atoms with Gasteiger partial charge in [0.15, 0.2) is 0 Å². The molecule has 0 N–H and O–H groups in total. The molecule has 0 aromatic heterocycles. The van der Waals surface area contributed by atoms with Crippen LogP contribution in [0.15, 0.2) is 0 Å². The first kappa shape index (κ1) is 14.8. The summed E-state index contributed by atoms with van der Waals surface area (Å²) in [4.78, 5) is 12.3. The molecule has 3 heteroatoms. The van der Waals surface area contributed by atoms with Crippen molar-refractivity contribution in [2.45, 2.75) is 66.1 Å². The molecule has 0 spiro atoms. The lowest BCUT2D eigenvalue weighted by molar-refractivity contribution is -0.159. The van der Waals surface area contributed by atoms with E-state index in [0.29, 0.717) is 36.6 Å². The van der Waals surface area contributed by atoms with Gasteiger partial charge in [0.05, 0.1) is 24.2 Å². The topological polar surface area (TPSA) is 38.8 Å². The maximum absolute atomic E-state index is 12.3. The Morgan fingerprint density at radius 3 is 2.53 bits per heavy atom. The van der Waals surface area contributed by atoms with Gasteiger partial charge in [-0.25, -0.2) is 0 Å². The number of carbonyl (C=O) groups is 1. The Morgan fingerprint density at radius 1 is 1.26 bits per heavy atom. The minimum Gasteiger partial charge on any atom is -0.465 e. The van der Waals surface area contributed by atoms with Gasteiger partial charge >= 0.3 is 5.97 Å². The van der Waals surface area contributed by atoms with Crippen molar-refractivity contribution in [3.05, 3.63) is 0 Å². The molecule has 0 aromatic rings. The lowest BCUT2D eigenvalue weighted by atomic mass is 9.74. The van der Waals surface area contributed by atoms with E-state index in [4.69, 9.17) is 9.47 Å². The van der Waals surface area contributed by atoms with Gasteiger partial charge < -0.3 is 9.47 Å². The number of ether oxygens (including phenoxy) is 2. The quantitative estimate of drug-likeness (QED) is 0.566. The van der Waals surface area contributed by atoms with Crippen LogP contribution < -0.4 is 0 Å². The second kappa shape index (κ2) is 5.43. The third-order valence-corrected chi connectivity index (χ3v) is 5.23. The summed E-state index contributed by atoms with van der Waals surface area (Å²) in [5, 5.41) is 0. The zero-order valence-corrected chi connectivity index (χ0v) is 12.9. The Hall–Kier alpha value is -0.570. The summed E-state index contributed by atoms with van der Waals surface area (Å²) >= 11 is 0. The number of rotatable bonds is 5. The van der Waals surface area contributed by atoms with E-state index in [0.717, 1.165) is 19.3 Å². The predicted molar refractivity (Wildman–Crippen MR) is 74.7 cm³/mol. The first-order valence-electron chi connectivity index (χ1n) is 7.65. The van der Waals surface area contributed by atoms with Gasteiger partial charge in [-0.1, -0.05) is 20.8 Å². The third-order valence-electron chi connectivity index (χ3n) is 5.23. The highest BCUT2D eigenvalue weighted by molar-refractivity contribution is 5.76. The molecule has 2 fully saturated rings. The van der Waals surface area contributed by atoms with Gasteiger partial charge in [-0.05, 0) is 50.9 Å². The van der Waals surface area contributed by atoms with Crippen LogP contribution in [0.4, 0.5) is 0 Å². The van der Waals surface area contributed by atoms with Crippen LogP contribution in [-0.2, 0) is 14.3 Å². The van der Waals surface area contributed by atoms with Crippen molar-refractivity contribution in [3.63, 3.8) is 0 Å². The van der Waals surface area contributed by atoms with E-state index in [1.807, 2.05) is 13.8 Å². The minimum absolute atomic E-state index is 0.0486. The molecule has 0 aromatic carbocycles. The fourth-order valence-electron chi connectivity index (χ4n) is 3.04. The zero-order valence-electron chi connectivity index (χ0n) is 12.9. The summed E-state index contributed by atoms with van der Waals surface area (Å²) in [6.07, 6.45) is 4.31. The number of fused-ring (bicyclic) bond motifs is 1. The summed E-state index contributed by atoms with van der Waals surface area (Å²) in [6, 6.07) is 0. The summed E-state index contributed by atoms with van der Waals surface area (Å²) < 4.78 is 11.1. The third kappa shape index (κ3) is 3.31. The van der Waals surface area contributed by atoms with Crippen LogP contribution >= 0.6 is 0 Å². The smallest absolute Gasteiger partial charge is 0.311 e. The van der Waals surface area contributed by atoms with Gasteiger partial charge in [0.2, 0.25) is 0 Å². The molecule has 0 bridgehead atoms. The second-order valence-electron chi connectivity index (χ2n) is 7.24. The van der Waals surface area contributed by atoms with E-state index < -0.39 is 5.41 Å². The molecule has 1 aliphatic heterocycles. The van der Waals surface area contributed by atoms with E-state index in [1.165, 1.54) is 0 Å². The Bertz CT molecular complexity index is 335.